The van der Waals surface area contributed by atoms with E-state index in [1.807, 2.05) is 0 Å². The maximum Gasteiger partial charge on any atom is 0.416 e. The Hall–Kier alpha value is -1.29. The normalized spacial score (nSPS) is 15.0. The molecule has 21 heavy (non-hydrogen) atoms. The van der Waals surface area contributed by atoms with Gasteiger partial charge in [0.15, 0.2) is 0 Å². The molecule has 3 nitrogen and oxygen atoms in total. The monoisotopic (exact) mass is 335 g/mol. The van der Waals surface area contributed by atoms with Gasteiger partial charge in [-0.05, 0) is 23.8 Å². The van der Waals surface area contributed by atoms with Crippen LogP contribution in [0.2, 0.25) is 0 Å². The van der Waals surface area contributed by atoms with Gasteiger partial charge in [-0.3, -0.25) is 0 Å². The number of hydrogen-bond donors (Lipinski definition) is 1. The molecule has 0 fully saturated rings. The SMILES string of the molecule is CS(=O)(=O)CC(N)c1cc(C(F)(F)F)cc(C(F)(F)F)c1. The molecule has 10 heteroatoms. The lowest BCUT2D eigenvalue weighted by Crippen LogP contribution is -2.22. The molecule has 0 aliphatic rings. The van der Waals surface area contributed by atoms with E-state index in [4.69, 9.17) is 5.73 Å². The van der Waals surface area contributed by atoms with Crippen LogP contribution in [0.15, 0.2) is 18.2 Å². The Bertz CT molecular complexity index is 588. The van der Waals surface area contributed by atoms with Crippen LogP contribution in [-0.4, -0.2) is 20.4 Å². The fraction of sp³-hybridized carbons (Fsp3) is 0.455. The van der Waals surface area contributed by atoms with E-state index in [1.165, 1.54) is 0 Å². The number of halogens is 6. The molecular formula is C11H11F6NO2S. The number of sulfone groups is 1. The number of alkyl halides is 6. The average molecular weight is 335 g/mol. The Morgan fingerprint density at radius 2 is 1.38 bits per heavy atom. The fourth-order valence-electron chi connectivity index (χ4n) is 1.62. The number of benzene rings is 1. The first-order valence-electron chi connectivity index (χ1n) is 5.43. The minimum Gasteiger partial charge on any atom is -0.323 e. The molecule has 2 N–H and O–H groups in total. The molecule has 0 saturated heterocycles. The van der Waals surface area contributed by atoms with Crippen LogP contribution in [0.3, 0.4) is 0 Å². The Balaban J connectivity index is 3.39. The molecule has 120 valence electrons. The highest BCUT2D eigenvalue weighted by Crippen LogP contribution is 2.37. The molecule has 0 aliphatic carbocycles. The highest BCUT2D eigenvalue weighted by atomic mass is 32.2. The second-order valence-electron chi connectivity index (χ2n) is 4.54. The molecule has 1 aromatic carbocycles. The minimum atomic E-state index is -5.00. The predicted molar refractivity (Wildman–Crippen MR) is 63.1 cm³/mol. The van der Waals surface area contributed by atoms with Crippen molar-refractivity contribution in [1.29, 1.82) is 0 Å². The van der Waals surface area contributed by atoms with Gasteiger partial charge in [-0.1, -0.05) is 0 Å². The summed E-state index contributed by atoms with van der Waals surface area (Å²) in [5, 5.41) is 0. The molecule has 0 radical (unpaired) electrons. The van der Waals surface area contributed by atoms with Crippen LogP contribution in [0, 0.1) is 0 Å². The molecule has 0 bridgehead atoms. The van der Waals surface area contributed by atoms with E-state index in [1.54, 1.807) is 0 Å². The van der Waals surface area contributed by atoms with Crippen molar-refractivity contribution >= 4 is 9.84 Å². The van der Waals surface area contributed by atoms with E-state index in [0.29, 0.717) is 12.1 Å². The van der Waals surface area contributed by atoms with Crippen LogP contribution in [0.25, 0.3) is 0 Å². The van der Waals surface area contributed by atoms with Crippen molar-refractivity contribution in [1.82, 2.24) is 0 Å². The molecule has 0 saturated carbocycles. The number of hydrogen-bond acceptors (Lipinski definition) is 3. The zero-order valence-electron chi connectivity index (χ0n) is 10.6. The first-order valence-corrected chi connectivity index (χ1v) is 7.49. The molecule has 1 unspecified atom stereocenters. The predicted octanol–water partition coefficient (Wildman–Crippen LogP) is 2.77. The lowest BCUT2D eigenvalue weighted by molar-refractivity contribution is -0.143. The van der Waals surface area contributed by atoms with Crippen LogP contribution in [0.4, 0.5) is 26.3 Å². The van der Waals surface area contributed by atoms with Gasteiger partial charge in [0.1, 0.15) is 9.84 Å². The summed E-state index contributed by atoms with van der Waals surface area (Å²) in [6, 6.07) is -0.685. The fourth-order valence-corrected chi connectivity index (χ4v) is 2.46. The van der Waals surface area contributed by atoms with Gasteiger partial charge in [-0.2, -0.15) is 26.3 Å². The molecule has 1 rings (SSSR count). The maximum absolute atomic E-state index is 12.6. The quantitative estimate of drug-likeness (QED) is 0.864. The van der Waals surface area contributed by atoms with Crippen LogP contribution in [0.5, 0.6) is 0 Å². The van der Waals surface area contributed by atoms with Gasteiger partial charge in [-0.15, -0.1) is 0 Å². The van der Waals surface area contributed by atoms with Crippen LogP contribution in [-0.2, 0) is 22.2 Å². The van der Waals surface area contributed by atoms with E-state index >= 15 is 0 Å². The minimum absolute atomic E-state index is 0.0450. The second kappa shape index (κ2) is 5.48. The van der Waals surface area contributed by atoms with E-state index in [2.05, 4.69) is 0 Å². The van der Waals surface area contributed by atoms with Crippen LogP contribution >= 0.6 is 0 Å². The first-order chi connectivity index (χ1) is 9.20. The largest absolute Gasteiger partial charge is 0.416 e. The van der Waals surface area contributed by atoms with Crippen molar-refractivity contribution in [2.45, 2.75) is 18.4 Å². The Labute approximate surface area is 116 Å². The van der Waals surface area contributed by atoms with Gasteiger partial charge in [0.05, 0.1) is 16.9 Å². The summed E-state index contributed by atoms with van der Waals surface area (Å²) in [4.78, 5) is 0. The first kappa shape index (κ1) is 17.8. The molecule has 0 spiro atoms. The van der Waals surface area contributed by atoms with Crippen molar-refractivity contribution < 1.29 is 34.8 Å². The summed E-state index contributed by atoms with van der Waals surface area (Å²) in [5.41, 5.74) is 1.79. The molecular weight excluding hydrogens is 324 g/mol. The Kier molecular flexibility index (Phi) is 4.64. The van der Waals surface area contributed by atoms with Gasteiger partial charge in [-0.25, -0.2) is 8.42 Å². The van der Waals surface area contributed by atoms with Gasteiger partial charge >= 0.3 is 12.4 Å². The molecule has 0 heterocycles. The highest BCUT2D eigenvalue weighted by Gasteiger charge is 2.37. The highest BCUT2D eigenvalue weighted by molar-refractivity contribution is 7.90. The topological polar surface area (TPSA) is 60.2 Å². The second-order valence-corrected chi connectivity index (χ2v) is 6.72. The van der Waals surface area contributed by atoms with Crippen molar-refractivity contribution in [3.63, 3.8) is 0 Å². The summed E-state index contributed by atoms with van der Waals surface area (Å²) in [6.07, 6.45) is -9.22. The third-order valence-electron chi connectivity index (χ3n) is 2.52. The van der Waals surface area contributed by atoms with E-state index in [9.17, 15) is 34.8 Å². The van der Waals surface area contributed by atoms with Crippen LogP contribution < -0.4 is 5.73 Å². The van der Waals surface area contributed by atoms with Crippen LogP contribution in [0.1, 0.15) is 22.7 Å². The molecule has 0 aromatic heterocycles. The summed E-state index contributed by atoms with van der Waals surface area (Å²) in [5.74, 6) is -0.758. The van der Waals surface area contributed by atoms with Gasteiger partial charge < -0.3 is 5.73 Å². The summed E-state index contributed by atoms with van der Waals surface area (Å²) in [6.45, 7) is 0. The average Bonchev–Trinajstić information content (AvgIpc) is 2.23. The third-order valence-corrected chi connectivity index (χ3v) is 3.49. The smallest absolute Gasteiger partial charge is 0.323 e. The lowest BCUT2D eigenvalue weighted by Gasteiger charge is -2.17. The van der Waals surface area contributed by atoms with Gasteiger partial charge in [0.25, 0.3) is 0 Å². The molecule has 0 amide bonds. The zero-order valence-corrected chi connectivity index (χ0v) is 11.4. The van der Waals surface area contributed by atoms with Gasteiger partial charge in [0, 0.05) is 12.3 Å². The van der Waals surface area contributed by atoms with E-state index < -0.39 is 50.7 Å². The standard InChI is InChI=1S/C11H11F6NO2S/c1-21(19,20)5-9(18)6-2-7(10(12,13)14)4-8(3-6)11(15,16)17/h2-4,9H,5,18H2,1H3. The summed E-state index contributed by atoms with van der Waals surface area (Å²) in [7, 11) is -3.66. The Morgan fingerprint density at radius 1 is 1.00 bits per heavy atom. The molecule has 1 atom stereocenters. The Morgan fingerprint density at radius 3 is 1.67 bits per heavy atom. The lowest BCUT2D eigenvalue weighted by atomic mass is 10.0. The van der Waals surface area contributed by atoms with Crippen molar-refractivity contribution in [3.05, 3.63) is 34.9 Å². The van der Waals surface area contributed by atoms with E-state index in [-0.39, 0.29) is 6.07 Å². The zero-order chi connectivity index (χ0) is 16.6. The van der Waals surface area contributed by atoms with E-state index in [0.717, 1.165) is 6.26 Å². The van der Waals surface area contributed by atoms with Crippen molar-refractivity contribution in [3.8, 4) is 0 Å². The maximum atomic E-state index is 12.6. The van der Waals surface area contributed by atoms with Crippen molar-refractivity contribution in [2.75, 3.05) is 12.0 Å². The third kappa shape index (κ3) is 5.20. The number of rotatable bonds is 3. The van der Waals surface area contributed by atoms with Crippen molar-refractivity contribution in [2.24, 2.45) is 5.73 Å². The van der Waals surface area contributed by atoms with Gasteiger partial charge in [0.2, 0.25) is 0 Å². The number of nitrogens with two attached hydrogens (primary N) is 1. The summed E-state index contributed by atoms with van der Waals surface area (Å²) >= 11 is 0. The molecule has 0 aliphatic heterocycles. The molecule has 1 aromatic rings. The summed E-state index contributed by atoms with van der Waals surface area (Å²) < 4.78 is 97.8.